The van der Waals surface area contributed by atoms with E-state index in [0.717, 1.165) is 32.2 Å². The molecule has 0 heterocycles. The lowest BCUT2D eigenvalue weighted by atomic mass is 9.98. The van der Waals surface area contributed by atoms with Crippen molar-refractivity contribution < 1.29 is 9.53 Å². The van der Waals surface area contributed by atoms with Crippen LogP contribution < -0.4 is 11.1 Å². The van der Waals surface area contributed by atoms with Gasteiger partial charge in [-0.05, 0) is 41.6 Å². The molecule has 0 saturated heterocycles. The van der Waals surface area contributed by atoms with Gasteiger partial charge >= 0.3 is 6.09 Å². The molecule has 1 aliphatic rings. The minimum absolute atomic E-state index is 0.114. The van der Waals surface area contributed by atoms with Crippen LogP contribution in [0, 0.1) is 0 Å². The van der Waals surface area contributed by atoms with Crippen LogP contribution in [0.1, 0.15) is 42.7 Å². The topological polar surface area (TPSA) is 64.3 Å². The highest BCUT2D eigenvalue weighted by molar-refractivity contribution is 5.79. The molecule has 0 unspecified atom stereocenters. The Kier molecular flexibility index (Phi) is 6.07. The van der Waals surface area contributed by atoms with E-state index in [4.69, 9.17) is 10.5 Å². The monoisotopic (exact) mass is 338 g/mol. The van der Waals surface area contributed by atoms with Crippen LogP contribution in [0.2, 0.25) is 0 Å². The number of carbonyl (C=O) groups is 1. The number of nitrogens with one attached hydrogen (secondary N) is 1. The molecule has 0 radical (unpaired) electrons. The SMILES string of the molecule is NCCCCCCNC(=O)OCC1c2ccccc2-c2ccccc21. The van der Waals surface area contributed by atoms with E-state index in [1.807, 2.05) is 12.1 Å². The van der Waals surface area contributed by atoms with Gasteiger partial charge < -0.3 is 15.8 Å². The quantitative estimate of drug-likeness (QED) is 0.714. The summed E-state index contributed by atoms with van der Waals surface area (Å²) in [4.78, 5) is 12.0. The maximum absolute atomic E-state index is 12.0. The molecular formula is C21H26N2O2. The Bertz CT molecular complexity index is 669. The van der Waals surface area contributed by atoms with Gasteiger partial charge in [0.2, 0.25) is 0 Å². The molecule has 0 spiro atoms. The second-order valence-corrected chi connectivity index (χ2v) is 6.46. The van der Waals surface area contributed by atoms with Gasteiger partial charge in [-0.15, -0.1) is 0 Å². The number of benzene rings is 2. The smallest absolute Gasteiger partial charge is 0.407 e. The Morgan fingerprint density at radius 3 is 2.16 bits per heavy atom. The number of amides is 1. The number of ether oxygens (including phenoxy) is 1. The van der Waals surface area contributed by atoms with Crippen molar-refractivity contribution in [3.8, 4) is 11.1 Å². The number of nitrogens with two attached hydrogens (primary N) is 1. The van der Waals surface area contributed by atoms with Crippen molar-refractivity contribution in [3.05, 3.63) is 59.7 Å². The van der Waals surface area contributed by atoms with E-state index >= 15 is 0 Å². The lowest BCUT2D eigenvalue weighted by Crippen LogP contribution is -2.27. The Morgan fingerprint density at radius 1 is 0.920 bits per heavy atom. The van der Waals surface area contributed by atoms with Crippen molar-refractivity contribution in [2.24, 2.45) is 5.73 Å². The van der Waals surface area contributed by atoms with Crippen LogP contribution in [0.4, 0.5) is 4.79 Å². The van der Waals surface area contributed by atoms with Crippen molar-refractivity contribution in [2.75, 3.05) is 19.7 Å². The van der Waals surface area contributed by atoms with E-state index in [-0.39, 0.29) is 12.0 Å². The minimum atomic E-state index is -0.333. The Morgan fingerprint density at radius 2 is 1.52 bits per heavy atom. The van der Waals surface area contributed by atoms with Gasteiger partial charge in [0.1, 0.15) is 6.61 Å². The van der Waals surface area contributed by atoms with Crippen molar-refractivity contribution in [2.45, 2.75) is 31.6 Å². The van der Waals surface area contributed by atoms with Gasteiger partial charge in [0.25, 0.3) is 0 Å². The predicted octanol–water partition coefficient (Wildman–Crippen LogP) is 4.04. The van der Waals surface area contributed by atoms with Crippen LogP contribution in [0.25, 0.3) is 11.1 Å². The number of alkyl carbamates (subject to hydrolysis) is 1. The number of fused-ring (bicyclic) bond motifs is 3. The fourth-order valence-corrected chi connectivity index (χ4v) is 3.46. The first-order valence-electron chi connectivity index (χ1n) is 9.10. The standard InChI is InChI=1S/C21H26N2O2/c22-13-7-1-2-8-14-23-21(24)25-15-20-18-11-5-3-9-16(18)17-10-4-6-12-19(17)20/h3-6,9-12,20H,1-2,7-8,13-15,22H2,(H,23,24). The number of hydrogen-bond donors (Lipinski definition) is 2. The molecule has 2 aromatic rings. The van der Waals surface area contributed by atoms with E-state index in [1.165, 1.54) is 22.3 Å². The molecule has 132 valence electrons. The van der Waals surface area contributed by atoms with Crippen LogP contribution in [-0.2, 0) is 4.74 Å². The molecule has 0 fully saturated rings. The van der Waals surface area contributed by atoms with Crippen molar-refractivity contribution in [3.63, 3.8) is 0 Å². The summed E-state index contributed by atoms with van der Waals surface area (Å²) >= 11 is 0. The molecular weight excluding hydrogens is 312 g/mol. The zero-order valence-corrected chi connectivity index (χ0v) is 14.5. The Hall–Kier alpha value is -2.33. The fraction of sp³-hybridized carbons (Fsp3) is 0.381. The van der Waals surface area contributed by atoms with Crippen molar-refractivity contribution in [1.29, 1.82) is 0 Å². The molecule has 0 aromatic heterocycles. The zero-order chi connectivity index (χ0) is 17.5. The van der Waals surface area contributed by atoms with Crippen LogP contribution >= 0.6 is 0 Å². The first-order chi connectivity index (χ1) is 12.3. The molecule has 2 aromatic carbocycles. The van der Waals surface area contributed by atoms with E-state index in [0.29, 0.717) is 13.2 Å². The summed E-state index contributed by atoms with van der Waals surface area (Å²) in [6.45, 7) is 1.76. The highest BCUT2D eigenvalue weighted by atomic mass is 16.5. The van der Waals surface area contributed by atoms with Crippen LogP contribution in [0.15, 0.2) is 48.5 Å². The second-order valence-electron chi connectivity index (χ2n) is 6.46. The largest absolute Gasteiger partial charge is 0.449 e. The summed E-state index contributed by atoms with van der Waals surface area (Å²) in [6, 6.07) is 16.7. The summed E-state index contributed by atoms with van der Waals surface area (Å²) in [5, 5.41) is 2.84. The summed E-state index contributed by atoms with van der Waals surface area (Å²) in [6.07, 6.45) is 3.87. The minimum Gasteiger partial charge on any atom is -0.449 e. The molecule has 4 heteroatoms. The van der Waals surface area contributed by atoms with Gasteiger partial charge in [-0.2, -0.15) is 0 Å². The van der Waals surface area contributed by atoms with Gasteiger partial charge in [-0.1, -0.05) is 61.4 Å². The van der Waals surface area contributed by atoms with Crippen LogP contribution in [-0.4, -0.2) is 25.8 Å². The molecule has 4 nitrogen and oxygen atoms in total. The second kappa shape index (κ2) is 8.67. The third kappa shape index (κ3) is 4.20. The van der Waals surface area contributed by atoms with Gasteiger partial charge in [0.15, 0.2) is 0 Å². The Balaban J connectivity index is 1.52. The lowest BCUT2D eigenvalue weighted by Gasteiger charge is -2.14. The van der Waals surface area contributed by atoms with Gasteiger partial charge in [-0.25, -0.2) is 4.79 Å². The van der Waals surface area contributed by atoms with Crippen molar-refractivity contribution in [1.82, 2.24) is 5.32 Å². The van der Waals surface area contributed by atoms with Gasteiger partial charge in [0, 0.05) is 12.5 Å². The normalized spacial score (nSPS) is 12.5. The number of hydrogen-bond acceptors (Lipinski definition) is 3. The van der Waals surface area contributed by atoms with Crippen LogP contribution in [0.5, 0.6) is 0 Å². The highest BCUT2D eigenvalue weighted by Gasteiger charge is 2.28. The molecule has 3 rings (SSSR count). The van der Waals surface area contributed by atoms with Gasteiger partial charge in [0.05, 0.1) is 0 Å². The third-order valence-electron chi connectivity index (χ3n) is 4.74. The fourth-order valence-electron chi connectivity index (χ4n) is 3.46. The maximum atomic E-state index is 12.0. The summed E-state index contributed by atoms with van der Waals surface area (Å²) < 4.78 is 5.50. The number of carbonyl (C=O) groups excluding carboxylic acids is 1. The molecule has 0 saturated carbocycles. The Labute approximate surface area is 149 Å². The molecule has 0 bridgehead atoms. The molecule has 1 amide bonds. The molecule has 3 N–H and O–H groups in total. The van der Waals surface area contributed by atoms with E-state index in [1.54, 1.807) is 0 Å². The van der Waals surface area contributed by atoms with Gasteiger partial charge in [-0.3, -0.25) is 0 Å². The average molecular weight is 338 g/mol. The molecule has 25 heavy (non-hydrogen) atoms. The van der Waals surface area contributed by atoms with E-state index in [2.05, 4.69) is 41.7 Å². The third-order valence-corrected chi connectivity index (χ3v) is 4.74. The first-order valence-corrected chi connectivity index (χ1v) is 9.10. The molecule has 0 atom stereocenters. The first kappa shape index (κ1) is 17.5. The van der Waals surface area contributed by atoms with Crippen molar-refractivity contribution >= 4 is 6.09 Å². The highest BCUT2D eigenvalue weighted by Crippen LogP contribution is 2.44. The zero-order valence-electron chi connectivity index (χ0n) is 14.5. The van der Waals surface area contributed by atoms with Crippen LogP contribution in [0.3, 0.4) is 0 Å². The number of unbranched alkanes of at least 4 members (excludes halogenated alkanes) is 3. The molecule has 1 aliphatic carbocycles. The molecule has 0 aliphatic heterocycles. The van der Waals surface area contributed by atoms with E-state index in [9.17, 15) is 4.79 Å². The summed E-state index contributed by atoms with van der Waals surface area (Å²) in [7, 11) is 0. The predicted molar refractivity (Wildman–Crippen MR) is 101 cm³/mol. The summed E-state index contributed by atoms with van der Waals surface area (Å²) in [5.41, 5.74) is 10.4. The maximum Gasteiger partial charge on any atom is 0.407 e. The lowest BCUT2D eigenvalue weighted by molar-refractivity contribution is 0.143. The average Bonchev–Trinajstić information content (AvgIpc) is 2.97. The van der Waals surface area contributed by atoms with E-state index < -0.39 is 0 Å². The summed E-state index contributed by atoms with van der Waals surface area (Å²) in [5.74, 6) is 0.114. The number of rotatable bonds is 8.